The molecule has 2 aliphatic rings. The summed E-state index contributed by atoms with van der Waals surface area (Å²) in [4.78, 5) is 0. The molecule has 226 valence electrons. The maximum absolute atomic E-state index is 3.61. The van der Waals surface area contributed by atoms with Gasteiger partial charge in [0, 0.05) is 0 Å². The highest BCUT2D eigenvalue weighted by Crippen LogP contribution is 2.36. The SMILES string of the molecule is CCCCCCCCC(C)CCC1CCCCCC2CCCCCCCC2CCCCCCCC1CNC. The van der Waals surface area contributed by atoms with Crippen LogP contribution in [0.1, 0.15) is 194 Å². The Morgan fingerprint density at radius 3 is 1.53 bits per heavy atom. The molecular weight excluding hydrogens is 458 g/mol. The van der Waals surface area contributed by atoms with E-state index >= 15 is 0 Å². The monoisotopic (exact) mass is 532 g/mol. The van der Waals surface area contributed by atoms with E-state index in [1.165, 1.54) is 161 Å². The van der Waals surface area contributed by atoms with Crippen LogP contribution < -0.4 is 5.32 Å². The quantitative estimate of drug-likeness (QED) is 0.247. The fourth-order valence-electron chi connectivity index (χ4n) is 8.21. The van der Waals surface area contributed by atoms with Crippen molar-refractivity contribution in [1.82, 2.24) is 5.32 Å². The van der Waals surface area contributed by atoms with E-state index in [-0.39, 0.29) is 0 Å². The maximum Gasteiger partial charge on any atom is -0.00209 e. The number of fused-ring (bicyclic) bond motifs is 1. The van der Waals surface area contributed by atoms with E-state index in [4.69, 9.17) is 0 Å². The van der Waals surface area contributed by atoms with Crippen LogP contribution in [0.3, 0.4) is 0 Å². The zero-order valence-electron chi connectivity index (χ0n) is 26.9. The van der Waals surface area contributed by atoms with Crippen LogP contribution in [0.25, 0.3) is 0 Å². The minimum atomic E-state index is 0.910. The second kappa shape index (κ2) is 23.6. The third kappa shape index (κ3) is 16.3. The number of hydrogen-bond donors (Lipinski definition) is 1. The first-order valence-corrected chi connectivity index (χ1v) is 18.4. The topological polar surface area (TPSA) is 12.0 Å². The van der Waals surface area contributed by atoms with Crippen LogP contribution in [-0.4, -0.2) is 13.6 Å². The smallest absolute Gasteiger partial charge is 0.00209 e. The standard InChI is InChI=1S/C37H73N/c1-4-5-6-7-10-16-23-33(2)30-31-36-28-22-15-21-27-35-26-18-12-8-11-17-24-34(35)25-19-13-9-14-20-29-37(36)32-38-3/h33-38H,4-32H2,1-3H3. The molecular formula is C37H73N. The number of nitrogens with one attached hydrogen (secondary N) is 1. The molecule has 0 spiro atoms. The second-order valence-electron chi connectivity index (χ2n) is 14.2. The molecule has 38 heavy (non-hydrogen) atoms. The van der Waals surface area contributed by atoms with Crippen molar-refractivity contribution < 1.29 is 0 Å². The average Bonchev–Trinajstić information content (AvgIpc) is 3.02. The van der Waals surface area contributed by atoms with Crippen molar-refractivity contribution in [1.29, 1.82) is 0 Å². The highest BCUT2D eigenvalue weighted by atomic mass is 14.8. The summed E-state index contributed by atoms with van der Waals surface area (Å²) in [6, 6.07) is 0. The van der Waals surface area contributed by atoms with Crippen molar-refractivity contribution in [2.75, 3.05) is 13.6 Å². The molecule has 0 aromatic heterocycles. The predicted octanol–water partition coefficient (Wildman–Crippen LogP) is 12.3. The molecule has 1 nitrogen and oxygen atoms in total. The first kappa shape index (κ1) is 34.2. The van der Waals surface area contributed by atoms with Crippen LogP contribution in [0.2, 0.25) is 0 Å². The Labute approximate surface area is 241 Å². The zero-order valence-corrected chi connectivity index (χ0v) is 26.9. The Morgan fingerprint density at radius 1 is 0.526 bits per heavy atom. The van der Waals surface area contributed by atoms with Crippen molar-refractivity contribution in [3.63, 3.8) is 0 Å². The largest absolute Gasteiger partial charge is 0.319 e. The molecule has 0 aromatic carbocycles. The third-order valence-corrected chi connectivity index (χ3v) is 10.8. The first-order valence-electron chi connectivity index (χ1n) is 18.4. The van der Waals surface area contributed by atoms with Gasteiger partial charge in [0.05, 0.1) is 0 Å². The number of rotatable bonds is 12. The second-order valence-corrected chi connectivity index (χ2v) is 14.2. The number of unbranched alkanes of at least 4 members (excludes halogenated alkanes) is 5. The van der Waals surface area contributed by atoms with Gasteiger partial charge in [-0.15, -0.1) is 0 Å². The van der Waals surface area contributed by atoms with Gasteiger partial charge >= 0.3 is 0 Å². The van der Waals surface area contributed by atoms with Gasteiger partial charge in [-0.3, -0.25) is 0 Å². The van der Waals surface area contributed by atoms with Crippen LogP contribution in [0.4, 0.5) is 0 Å². The molecule has 5 unspecified atom stereocenters. The van der Waals surface area contributed by atoms with E-state index in [0.29, 0.717) is 0 Å². The summed E-state index contributed by atoms with van der Waals surface area (Å²) in [7, 11) is 2.20. The van der Waals surface area contributed by atoms with Gasteiger partial charge in [0.2, 0.25) is 0 Å². The molecule has 2 saturated carbocycles. The van der Waals surface area contributed by atoms with Crippen LogP contribution in [0, 0.1) is 29.6 Å². The van der Waals surface area contributed by atoms with E-state index in [1.807, 2.05) is 0 Å². The average molecular weight is 532 g/mol. The van der Waals surface area contributed by atoms with Crippen molar-refractivity contribution in [2.45, 2.75) is 194 Å². The van der Waals surface area contributed by atoms with Crippen molar-refractivity contribution in [2.24, 2.45) is 29.6 Å². The minimum Gasteiger partial charge on any atom is -0.319 e. The van der Waals surface area contributed by atoms with Gasteiger partial charge in [-0.2, -0.15) is 0 Å². The molecule has 0 bridgehead atoms. The molecule has 2 aliphatic carbocycles. The van der Waals surface area contributed by atoms with Crippen molar-refractivity contribution in [3.05, 3.63) is 0 Å². The minimum absolute atomic E-state index is 0.910. The lowest BCUT2D eigenvalue weighted by atomic mass is 9.77. The van der Waals surface area contributed by atoms with E-state index < -0.39 is 0 Å². The zero-order chi connectivity index (χ0) is 27.1. The molecule has 0 aromatic rings. The van der Waals surface area contributed by atoms with E-state index in [2.05, 4.69) is 26.2 Å². The van der Waals surface area contributed by atoms with Gasteiger partial charge in [0.1, 0.15) is 0 Å². The Kier molecular flexibility index (Phi) is 21.3. The van der Waals surface area contributed by atoms with Crippen molar-refractivity contribution >= 4 is 0 Å². The van der Waals surface area contributed by atoms with Crippen LogP contribution in [-0.2, 0) is 0 Å². The molecule has 1 heteroatoms. The summed E-state index contributed by atoms with van der Waals surface area (Å²) >= 11 is 0. The fourth-order valence-corrected chi connectivity index (χ4v) is 8.21. The molecule has 0 aliphatic heterocycles. The van der Waals surface area contributed by atoms with E-state index in [9.17, 15) is 0 Å². The Balaban J connectivity index is 1.86. The van der Waals surface area contributed by atoms with Crippen LogP contribution in [0.15, 0.2) is 0 Å². The van der Waals surface area contributed by atoms with Gasteiger partial charge in [-0.1, -0.05) is 181 Å². The summed E-state index contributed by atoms with van der Waals surface area (Å²) in [5.41, 5.74) is 0. The third-order valence-electron chi connectivity index (χ3n) is 10.8. The molecule has 5 atom stereocenters. The lowest BCUT2D eigenvalue weighted by Gasteiger charge is -2.30. The first-order chi connectivity index (χ1) is 18.7. The maximum atomic E-state index is 3.61. The summed E-state index contributed by atoms with van der Waals surface area (Å²) < 4.78 is 0. The number of hydrogen-bond acceptors (Lipinski definition) is 1. The van der Waals surface area contributed by atoms with Gasteiger partial charge < -0.3 is 5.32 Å². The molecule has 0 heterocycles. The highest BCUT2D eigenvalue weighted by molar-refractivity contribution is 4.76. The Bertz CT molecular complexity index is 501. The lowest BCUT2D eigenvalue weighted by Crippen LogP contribution is -2.27. The van der Waals surface area contributed by atoms with Gasteiger partial charge in [0.25, 0.3) is 0 Å². The predicted molar refractivity (Wildman–Crippen MR) is 172 cm³/mol. The normalized spacial score (nSPS) is 28.5. The van der Waals surface area contributed by atoms with Crippen LogP contribution in [0.5, 0.6) is 0 Å². The molecule has 2 fully saturated rings. The van der Waals surface area contributed by atoms with Crippen molar-refractivity contribution in [3.8, 4) is 0 Å². The molecule has 0 saturated heterocycles. The van der Waals surface area contributed by atoms with Crippen LogP contribution >= 0.6 is 0 Å². The Hall–Kier alpha value is -0.0400. The summed E-state index contributed by atoms with van der Waals surface area (Å²) in [5, 5.41) is 3.61. The Morgan fingerprint density at radius 2 is 0.974 bits per heavy atom. The molecule has 0 radical (unpaired) electrons. The van der Waals surface area contributed by atoms with E-state index in [1.54, 1.807) is 25.7 Å². The molecule has 0 amide bonds. The van der Waals surface area contributed by atoms with Gasteiger partial charge in [-0.25, -0.2) is 0 Å². The highest BCUT2D eigenvalue weighted by Gasteiger charge is 2.24. The molecule has 2 rings (SSSR count). The summed E-state index contributed by atoms with van der Waals surface area (Å²) in [5.74, 6) is 4.91. The van der Waals surface area contributed by atoms with E-state index in [0.717, 1.165) is 29.6 Å². The fraction of sp³-hybridized carbons (Fsp3) is 1.00. The van der Waals surface area contributed by atoms with Gasteiger partial charge in [-0.05, 0) is 56.0 Å². The summed E-state index contributed by atoms with van der Waals surface area (Å²) in [6.07, 6.45) is 41.8. The van der Waals surface area contributed by atoms with Gasteiger partial charge in [0.15, 0.2) is 0 Å². The molecule has 1 N–H and O–H groups in total. The lowest BCUT2D eigenvalue weighted by molar-refractivity contribution is 0.227. The summed E-state index contributed by atoms with van der Waals surface area (Å²) in [6.45, 7) is 6.13.